The van der Waals surface area contributed by atoms with Crippen molar-refractivity contribution in [2.45, 2.75) is 26.8 Å². The van der Waals surface area contributed by atoms with E-state index in [1.165, 1.54) is 0 Å². The Morgan fingerprint density at radius 3 is 2.89 bits per heavy atom. The first-order valence-corrected chi connectivity index (χ1v) is 6.13. The third-order valence-corrected chi connectivity index (χ3v) is 2.41. The van der Waals surface area contributed by atoms with Crippen LogP contribution in [0.2, 0.25) is 0 Å². The van der Waals surface area contributed by atoms with E-state index < -0.39 is 0 Å². The number of nitrogens with one attached hydrogen (secondary N) is 2. The van der Waals surface area contributed by atoms with Crippen molar-refractivity contribution >= 4 is 11.8 Å². The maximum absolute atomic E-state index is 5.26. The van der Waals surface area contributed by atoms with E-state index in [0.717, 1.165) is 30.2 Å². The molecule has 2 heterocycles. The van der Waals surface area contributed by atoms with Crippen molar-refractivity contribution in [3.05, 3.63) is 35.9 Å². The minimum absolute atomic E-state index is 0.622. The number of hydrogen-bond acceptors (Lipinski definition) is 5. The van der Waals surface area contributed by atoms with Gasteiger partial charge in [0.25, 0.3) is 0 Å². The number of furan rings is 1. The molecule has 2 N–H and O–H groups in total. The van der Waals surface area contributed by atoms with Gasteiger partial charge in [0.15, 0.2) is 0 Å². The van der Waals surface area contributed by atoms with E-state index >= 15 is 0 Å². The van der Waals surface area contributed by atoms with Crippen LogP contribution in [0.1, 0.15) is 24.8 Å². The molecule has 5 heteroatoms. The molecule has 0 atom stereocenters. The summed E-state index contributed by atoms with van der Waals surface area (Å²) < 4.78 is 5.26. The molecule has 0 aromatic carbocycles. The predicted octanol–water partition coefficient (Wildman–Crippen LogP) is 2.81. The Morgan fingerprint density at radius 2 is 2.17 bits per heavy atom. The van der Waals surface area contributed by atoms with E-state index in [1.54, 1.807) is 6.26 Å². The van der Waals surface area contributed by atoms with Gasteiger partial charge in [0.05, 0.1) is 12.8 Å². The molecule has 2 rings (SSSR count). The summed E-state index contributed by atoms with van der Waals surface area (Å²) in [5.74, 6) is 2.35. The first kappa shape index (κ1) is 12.4. The van der Waals surface area contributed by atoms with Gasteiger partial charge in [0.1, 0.15) is 11.6 Å². The van der Waals surface area contributed by atoms with Crippen LogP contribution in [0.4, 0.5) is 11.8 Å². The maximum Gasteiger partial charge on any atom is 0.224 e. The summed E-state index contributed by atoms with van der Waals surface area (Å²) in [4.78, 5) is 8.73. The van der Waals surface area contributed by atoms with Gasteiger partial charge in [-0.25, -0.2) is 4.98 Å². The average Bonchev–Trinajstić information content (AvgIpc) is 2.86. The van der Waals surface area contributed by atoms with Gasteiger partial charge in [-0.1, -0.05) is 6.92 Å². The van der Waals surface area contributed by atoms with Crippen LogP contribution < -0.4 is 10.6 Å². The van der Waals surface area contributed by atoms with Crippen LogP contribution in [-0.4, -0.2) is 16.5 Å². The lowest BCUT2D eigenvalue weighted by Crippen LogP contribution is -2.08. The van der Waals surface area contributed by atoms with Gasteiger partial charge in [0, 0.05) is 18.3 Å². The first-order valence-electron chi connectivity index (χ1n) is 6.13. The predicted molar refractivity (Wildman–Crippen MR) is 71.6 cm³/mol. The molecule has 0 saturated carbocycles. The van der Waals surface area contributed by atoms with Crippen molar-refractivity contribution in [3.63, 3.8) is 0 Å². The lowest BCUT2D eigenvalue weighted by molar-refractivity contribution is 0.518. The Bertz CT molecular complexity index is 482. The minimum atomic E-state index is 0.622. The Balaban J connectivity index is 2.00. The fourth-order valence-electron chi connectivity index (χ4n) is 1.57. The lowest BCUT2D eigenvalue weighted by Gasteiger charge is -2.08. The Labute approximate surface area is 107 Å². The average molecular weight is 246 g/mol. The van der Waals surface area contributed by atoms with Gasteiger partial charge in [0.2, 0.25) is 5.95 Å². The highest BCUT2D eigenvalue weighted by molar-refractivity contribution is 5.42. The molecule has 0 fully saturated rings. The van der Waals surface area contributed by atoms with Crippen LogP contribution >= 0.6 is 0 Å². The third-order valence-electron chi connectivity index (χ3n) is 2.41. The van der Waals surface area contributed by atoms with Gasteiger partial charge in [-0.2, -0.15) is 4.98 Å². The second-order valence-corrected chi connectivity index (χ2v) is 4.08. The van der Waals surface area contributed by atoms with Crippen molar-refractivity contribution < 1.29 is 4.42 Å². The zero-order chi connectivity index (χ0) is 12.8. The summed E-state index contributed by atoms with van der Waals surface area (Å²) in [7, 11) is 0. The normalized spacial score (nSPS) is 10.3. The van der Waals surface area contributed by atoms with E-state index in [4.69, 9.17) is 4.42 Å². The molecule has 0 bridgehead atoms. The monoisotopic (exact) mass is 246 g/mol. The van der Waals surface area contributed by atoms with E-state index in [0.29, 0.717) is 12.5 Å². The molecule has 0 spiro atoms. The van der Waals surface area contributed by atoms with Crippen LogP contribution in [0.15, 0.2) is 28.9 Å². The number of aromatic nitrogens is 2. The summed E-state index contributed by atoms with van der Waals surface area (Å²) in [5, 5.41) is 6.40. The summed E-state index contributed by atoms with van der Waals surface area (Å²) in [6.45, 7) is 5.56. The molecule has 2 aromatic rings. The molecule has 0 saturated heterocycles. The summed E-state index contributed by atoms with van der Waals surface area (Å²) >= 11 is 0. The molecule has 2 aromatic heterocycles. The van der Waals surface area contributed by atoms with Crippen molar-refractivity contribution in [3.8, 4) is 0 Å². The quantitative estimate of drug-likeness (QED) is 0.820. The summed E-state index contributed by atoms with van der Waals surface area (Å²) in [5.41, 5.74) is 0.936. The van der Waals surface area contributed by atoms with Crippen molar-refractivity contribution in [2.24, 2.45) is 0 Å². The summed E-state index contributed by atoms with van der Waals surface area (Å²) in [6.07, 6.45) is 2.71. The Morgan fingerprint density at radius 1 is 1.28 bits per heavy atom. The fourth-order valence-corrected chi connectivity index (χ4v) is 1.57. The van der Waals surface area contributed by atoms with Crippen LogP contribution in [0.3, 0.4) is 0 Å². The molecule has 5 nitrogen and oxygen atoms in total. The van der Waals surface area contributed by atoms with Crippen molar-refractivity contribution in [2.75, 3.05) is 17.2 Å². The van der Waals surface area contributed by atoms with E-state index in [-0.39, 0.29) is 0 Å². The lowest BCUT2D eigenvalue weighted by atomic mass is 10.4. The van der Waals surface area contributed by atoms with Crippen LogP contribution in [0.25, 0.3) is 0 Å². The van der Waals surface area contributed by atoms with Gasteiger partial charge >= 0.3 is 0 Å². The number of anilines is 2. The molecular formula is C13H18N4O. The highest BCUT2D eigenvalue weighted by Crippen LogP contribution is 2.11. The number of hydrogen-bond donors (Lipinski definition) is 2. The molecule has 0 radical (unpaired) electrons. The smallest absolute Gasteiger partial charge is 0.224 e. The number of rotatable bonds is 6. The SMILES string of the molecule is CCCNc1nc(C)cc(NCc2ccco2)n1. The topological polar surface area (TPSA) is 63.0 Å². The van der Waals surface area contributed by atoms with E-state index in [1.807, 2.05) is 25.1 Å². The van der Waals surface area contributed by atoms with Gasteiger partial charge in [-0.15, -0.1) is 0 Å². The summed E-state index contributed by atoms with van der Waals surface area (Å²) in [6, 6.07) is 5.72. The van der Waals surface area contributed by atoms with Crippen LogP contribution in [0.5, 0.6) is 0 Å². The van der Waals surface area contributed by atoms with Gasteiger partial charge in [-0.3, -0.25) is 0 Å². The number of nitrogens with zero attached hydrogens (tertiary/aromatic N) is 2. The fraction of sp³-hybridized carbons (Fsp3) is 0.385. The molecule has 0 amide bonds. The molecule has 18 heavy (non-hydrogen) atoms. The van der Waals surface area contributed by atoms with Crippen LogP contribution in [0, 0.1) is 6.92 Å². The highest BCUT2D eigenvalue weighted by Gasteiger charge is 2.02. The largest absolute Gasteiger partial charge is 0.467 e. The molecule has 0 aliphatic rings. The first-order chi connectivity index (χ1) is 8.78. The highest BCUT2D eigenvalue weighted by atomic mass is 16.3. The maximum atomic E-state index is 5.26. The molecule has 0 aliphatic carbocycles. The van der Waals surface area contributed by atoms with E-state index in [2.05, 4.69) is 27.5 Å². The second kappa shape index (κ2) is 6.05. The number of aryl methyl sites for hydroxylation is 1. The molecule has 96 valence electrons. The zero-order valence-electron chi connectivity index (χ0n) is 10.7. The van der Waals surface area contributed by atoms with Crippen molar-refractivity contribution in [1.82, 2.24) is 9.97 Å². The molecule has 0 aliphatic heterocycles. The standard InChI is InChI=1S/C13H18N4O/c1-3-6-14-13-16-10(2)8-12(17-13)15-9-11-5-4-7-18-11/h4-5,7-8H,3,6,9H2,1-2H3,(H2,14,15,16,17). The van der Waals surface area contributed by atoms with Gasteiger partial charge < -0.3 is 15.1 Å². The third kappa shape index (κ3) is 3.48. The molecule has 0 unspecified atom stereocenters. The van der Waals surface area contributed by atoms with Crippen molar-refractivity contribution in [1.29, 1.82) is 0 Å². The van der Waals surface area contributed by atoms with Gasteiger partial charge in [-0.05, 0) is 25.5 Å². The zero-order valence-corrected chi connectivity index (χ0v) is 10.7. The minimum Gasteiger partial charge on any atom is -0.467 e. The second-order valence-electron chi connectivity index (χ2n) is 4.08. The Kier molecular flexibility index (Phi) is 4.17. The Hall–Kier alpha value is -2.04. The van der Waals surface area contributed by atoms with Crippen LogP contribution in [-0.2, 0) is 6.54 Å². The molecular weight excluding hydrogens is 228 g/mol. The van der Waals surface area contributed by atoms with E-state index in [9.17, 15) is 0 Å².